The van der Waals surface area contributed by atoms with Gasteiger partial charge in [0.2, 0.25) is 0 Å². The molecule has 0 unspecified atom stereocenters. The number of aliphatic carboxylic acids is 1. The Hall–Kier alpha value is -1.77. The lowest BCUT2D eigenvalue weighted by Gasteiger charge is -2.22. The number of carbonyl (C=O) groups is 1. The summed E-state index contributed by atoms with van der Waals surface area (Å²) in [5.41, 5.74) is 2.12. The summed E-state index contributed by atoms with van der Waals surface area (Å²) >= 11 is 0. The standard InChI is InChI=1S/C13H17NO2/c1-13(2,3)10-6-4-5-7-11(10)14-9-8-12(15)16/h4-9,14H,1-3H3,(H,15,16)/b9-8+. The van der Waals surface area contributed by atoms with Gasteiger partial charge in [-0.3, -0.25) is 0 Å². The van der Waals surface area contributed by atoms with Gasteiger partial charge >= 0.3 is 5.97 Å². The van der Waals surface area contributed by atoms with Gasteiger partial charge in [0.15, 0.2) is 0 Å². The van der Waals surface area contributed by atoms with Crippen LogP contribution in [0.2, 0.25) is 0 Å². The number of carboxylic acid groups (broad SMARTS) is 1. The fraction of sp³-hybridized carbons (Fsp3) is 0.308. The molecule has 0 amide bonds. The average Bonchev–Trinajstić information content (AvgIpc) is 2.16. The summed E-state index contributed by atoms with van der Waals surface area (Å²) in [6.45, 7) is 6.36. The van der Waals surface area contributed by atoms with Crippen LogP contribution < -0.4 is 5.32 Å². The van der Waals surface area contributed by atoms with Gasteiger partial charge in [-0.25, -0.2) is 4.79 Å². The van der Waals surface area contributed by atoms with Crippen LogP contribution in [0, 0.1) is 0 Å². The lowest BCUT2D eigenvalue weighted by molar-refractivity contribution is -0.131. The molecule has 2 N–H and O–H groups in total. The third kappa shape index (κ3) is 3.42. The van der Waals surface area contributed by atoms with Crippen LogP contribution in [0.3, 0.4) is 0 Å². The largest absolute Gasteiger partial charge is 0.478 e. The Morgan fingerprint density at radius 2 is 1.94 bits per heavy atom. The third-order valence-electron chi connectivity index (χ3n) is 2.20. The SMILES string of the molecule is CC(C)(C)c1ccccc1N/C=C/C(=O)O. The van der Waals surface area contributed by atoms with Gasteiger partial charge in [-0.1, -0.05) is 39.0 Å². The zero-order valence-electron chi connectivity index (χ0n) is 9.82. The van der Waals surface area contributed by atoms with E-state index in [0.717, 1.165) is 17.3 Å². The van der Waals surface area contributed by atoms with E-state index in [0.29, 0.717) is 0 Å². The van der Waals surface area contributed by atoms with E-state index in [9.17, 15) is 4.79 Å². The molecule has 0 saturated heterocycles. The molecule has 0 heterocycles. The summed E-state index contributed by atoms with van der Waals surface area (Å²) < 4.78 is 0. The summed E-state index contributed by atoms with van der Waals surface area (Å²) in [4.78, 5) is 10.3. The highest BCUT2D eigenvalue weighted by Gasteiger charge is 2.16. The number of anilines is 1. The first-order valence-corrected chi connectivity index (χ1v) is 5.17. The van der Waals surface area contributed by atoms with Crippen molar-refractivity contribution in [3.63, 3.8) is 0 Å². The van der Waals surface area contributed by atoms with Crippen molar-refractivity contribution in [1.82, 2.24) is 0 Å². The van der Waals surface area contributed by atoms with E-state index in [2.05, 4.69) is 26.1 Å². The molecule has 0 aliphatic carbocycles. The second kappa shape index (κ2) is 4.84. The highest BCUT2D eigenvalue weighted by molar-refractivity contribution is 5.80. The van der Waals surface area contributed by atoms with Crippen LogP contribution in [-0.4, -0.2) is 11.1 Å². The van der Waals surface area contributed by atoms with Gasteiger partial charge in [0.25, 0.3) is 0 Å². The number of benzene rings is 1. The summed E-state index contributed by atoms with van der Waals surface area (Å²) in [7, 11) is 0. The highest BCUT2D eigenvalue weighted by Crippen LogP contribution is 2.29. The molecule has 1 rings (SSSR count). The van der Waals surface area contributed by atoms with E-state index in [1.807, 2.05) is 24.3 Å². The van der Waals surface area contributed by atoms with Crippen molar-refractivity contribution in [3.8, 4) is 0 Å². The fourth-order valence-electron chi connectivity index (χ4n) is 1.47. The summed E-state index contributed by atoms with van der Waals surface area (Å²) in [5, 5.41) is 11.5. The van der Waals surface area contributed by atoms with Crippen LogP contribution >= 0.6 is 0 Å². The Balaban J connectivity index is 2.92. The minimum Gasteiger partial charge on any atom is -0.478 e. The van der Waals surface area contributed by atoms with Crippen LogP contribution in [0.5, 0.6) is 0 Å². The first-order valence-electron chi connectivity index (χ1n) is 5.17. The Labute approximate surface area is 95.8 Å². The van der Waals surface area contributed by atoms with Crippen molar-refractivity contribution >= 4 is 11.7 Å². The Morgan fingerprint density at radius 1 is 1.31 bits per heavy atom. The minimum absolute atomic E-state index is 0.0284. The Bertz CT molecular complexity index is 403. The van der Waals surface area contributed by atoms with Gasteiger partial charge in [-0.15, -0.1) is 0 Å². The lowest BCUT2D eigenvalue weighted by atomic mass is 9.86. The zero-order chi connectivity index (χ0) is 12.2. The van der Waals surface area contributed by atoms with Crippen molar-refractivity contribution in [1.29, 1.82) is 0 Å². The van der Waals surface area contributed by atoms with Gasteiger partial charge in [0.05, 0.1) is 0 Å². The van der Waals surface area contributed by atoms with Crippen LogP contribution in [0.25, 0.3) is 0 Å². The van der Waals surface area contributed by atoms with E-state index < -0.39 is 5.97 Å². The normalized spacial score (nSPS) is 11.7. The summed E-state index contributed by atoms with van der Waals surface area (Å²) in [6.07, 6.45) is 2.52. The van der Waals surface area contributed by atoms with Crippen molar-refractivity contribution in [3.05, 3.63) is 42.1 Å². The van der Waals surface area contributed by atoms with Crippen LogP contribution in [-0.2, 0) is 10.2 Å². The third-order valence-corrected chi connectivity index (χ3v) is 2.20. The number of para-hydroxylation sites is 1. The van der Waals surface area contributed by atoms with E-state index in [1.54, 1.807) is 0 Å². The molecule has 0 spiro atoms. The monoisotopic (exact) mass is 219 g/mol. The smallest absolute Gasteiger partial charge is 0.329 e. The van der Waals surface area contributed by atoms with E-state index >= 15 is 0 Å². The molecule has 3 nitrogen and oxygen atoms in total. The number of hydrogen-bond donors (Lipinski definition) is 2. The van der Waals surface area contributed by atoms with Crippen LogP contribution in [0.1, 0.15) is 26.3 Å². The lowest BCUT2D eigenvalue weighted by Crippen LogP contribution is -2.13. The first-order chi connectivity index (χ1) is 7.41. The van der Waals surface area contributed by atoms with Crippen molar-refractivity contribution in [2.45, 2.75) is 26.2 Å². The average molecular weight is 219 g/mol. The second-order valence-electron chi connectivity index (χ2n) is 4.61. The van der Waals surface area contributed by atoms with Crippen molar-refractivity contribution in [2.24, 2.45) is 0 Å². The maximum Gasteiger partial charge on any atom is 0.329 e. The molecule has 0 radical (unpaired) electrons. The molecule has 1 aromatic carbocycles. The molecule has 0 aromatic heterocycles. The van der Waals surface area contributed by atoms with Gasteiger partial charge in [0.1, 0.15) is 0 Å². The molecule has 3 heteroatoms. The van der Waals surface area contributed by atoms with Crippen molar-refractivity contribution < 1.29 is 9.90 Å². The van der Waals surface area contributed by atoms with E-state index in [-0.39, 0.29) is 5.41 Å². The predicted octanol–water partition coefficient (Wildman–Crippen LogP) is 2.99. The molecule has 1 aromatic rings. The number of rotatable bonds is 3. The zero-order valence-corrected chi connectivity index (χ0v) is 9.82. The quantitative estimate of drug-likeness (QED) is 0.768. The molecule has 0 aliphatic heterocycles. The molecule has 0 bridgehead atoms. The van der Waals surface area contributed by atoms with Crippen LogP contribution in [0.15, 0.2) is 36.5 Å². The van der Waals surface area contributed by atoms with Gasteiger partial charge in [0, 0.05) is 18.0 Å². The fourth-order valence-corrected chi connectivity index (χ4v) is 1.47. The number of hydrogen-bond acceptors (Lipinski definition) is 2. The van der Waals surface area contributed by atoms with E-state index in [1.165, 1.54) is 6.20 Å². The maximum atomic E-state index is 10.3. The topological polar surface area (TPSA) is 49.3 Å². The van der Waals surface area contributed by atoms with Gasteiger partial charge in [-0.05, 0) is 17.0 Å². The summed E-state index contributed by atoms with van der Waals surface area (Å²) in [6, 6.07) is 7.88. The molecule has 0 atom stereocenters. The van der Waals surface area contributed by atoms with Crippen LogP contribution in [0.4, 0.5) is 5.69 Å². The van der Waals surface area contributed by atoms with Gasteiger partial charge in [-0.2, -0.15) is 0 Å². The molecule has 0 fully saturated rings. The maximum absolute atomic E-state index is 10.3. The molecule has 0 saturated carbocycles. The Kier molecular flexibility index (Phi) is 3.72. The minimum atomic E-state index is -0.958. The molecule has 16 heavy (non-hydrogen) atoms. The highest BCUT2D eigenvalue weighted by atomic mass is 16.4. The first kappa shape index (κ1) is 12.3. The number of carboxylic acids is 1. The second-order valence-corrected chi connectivity index (χ2v) is 4.61. The summed E-state index contributed by atoms with van der Waals surface area (Å²) in [5.74, 6) is -0.958. The molecular weight excluding hydrogens is 202 g/mol. The molecule has 86 valence electrons. The molecule has 0 aliphatic rings. The number of nitrogens with one attached hydrogen (secondary N) is 1. The predicted molar refractivity (Wildman–Crippen MR) is 65.5 cm³/mol. The van der Waals surface area contributed by atoms with Gasteiger partial charge < -0.3 is 10.4 Å². The van der Waals surface area contributed by atoms with Crippen molar-refractivity contribution in [2.75, 3.05) is 5.32 Å². The van der Waals surface area contributed by atoms with E-state index in [4.69, 9.17) is 5.11 Å². The molecular formula is C13H17NO2. The Morgan fingerprint density at radius 3 is 2.50 bits per heavy atom.